The average molecular weight is 343 g/mol. The molecule has 0 spiro atoms. The number of halogens is 2. The van der Waals surface area contributed by atoms with Crippen molar-refractivity contribution in [3.8, 4) is 0 Å². The molecule has 2 rings (SSSR count). The third kappa shape index (κ3) is 4.37. The van der Waals surface area contributed by atoms with E-state index in [2.05, 4.69) is 24.5 Å². The van der Waals surface area contributed by atoms with Gasteiger partial charge in [-0.05, 0) is 30.9 Å². The van der Waals surface area contributed by atoms with Crippen molar-refractivity contribution in [2.24, 2.45) is 17.8 Å². The van der Waals surface area contributed by atoms with E-state index in [4.69, 9.17) is 23.2 Å². The predicted molar refractivity (Wildman–Crippen MR) is 89.2 cm³/mol. The van der Waals surface area contributed by atoms with E-state index in [-0.39, 0.29) is 23.7 Å². The van der Waals surface area contributed by atoms with Gasteiger partial charge in [-0.3, -0.25) is 9.59 Å². The number of carbonyl (C=O) groups is 2. The molecule has 2 N–H and O–H groups in total. The summed E-state index contributed by atoms with van der Waals surface area (Å²) in [7, 11) is 0. The van der Waals surface area contributed by atoms with Crippen molar-refractivity contribution in [3.63, 3.8) is 0 Å². The first-order valence-corrected chi connectivity index (χ1v) is 8.18. The molecule has 1 aromatic carbocycles. The number of para-hydroxylation sites is 1. The van der Waals surface area contributed by atoms with Gasteiger partial charge in [-0.15, -0.1) is 0 Å². The average Bonchev–Trinajstić information content (AvgIpc) is 3.23. The lowest BCUT2D eigenvalue weighted by Gasteiger charge is -2.09. The molecule has 6 heteroatoms. The highest BCUT2D eigenvalue weighted by Crippen LogP contribution is 2.40. The SMILES string of the molecule is CC(C)CCNC(=O)C1CC1C(=O)Nc1c(Cl)cccc1Cl. The van der Waals surface area contributed by atoms with Gasteiger partial charge in [-0.2, -0.15) is 0 Å². The second kappa shape index (κ2) is 7.34. The monoisotopic (exact) mass is 342 g/mol. The Hall–Kier alpha value is -1.26. The van der Waals surface area contributed by atoms with Gasteiger partial charge in [0.05, 0.1) is 27.6 Å². The van der Waals surface area contributed by atoms with Crippen LogP contribution in [0.1, 0.15) is 26.7 Å². The van der Waals surface area contributed by atoms with Gasteiger partial charge in [0.25, 0.3) is 0 Å². The topological polar surface area (TPSA) is 58.2 Å². The van der Waals surface area contributed by atoms with Crippen molar-refractivity contribution in [2.45, 2.75) is 26.7 Å². The van der Waals surface area contributed by atoms with Crippen LogP contribution in [0.4, 0.5) is 5.69 Å². The Labute approximate surface area is 140 Å². The maximum atomic E-state index is 12.2. The van der Waals surface area contributed by atoms with E-state index in [1.54, 1.807) is 18.2 Å². The molecule has 2 unspecified atom stereocenters. The van der Waals surface area contributed by atoms with Crippen molar-refractivity contribution in [2.75, 3.05) is 11.9 Å². The Balaban J connectivity index is 1.84. The highest BCUT2D eigenvalue weighted by Gasteiger charge is 2.48. The van der Waals surface area contributed by atoms with Crippen LogP contribution in [0.3, 0.4) is 0 Å². The Morgan fingerprint density at radius 3 is 2.36 bits per heavy atom. The molecule has 0 radical (unpaired) electrons. The molecule has 0 heterocycles. The van der Waals surface area contributed by atoms with Crippen LogP contribution in [-0.2, 0) is 9.59 Å². The lowest BCUT2D eigenvalue weighted by molar-refractivity contribution is -0.125. The minimum atomic E-state index is -0.300. The molecule has 4 nitrogen and oxygen atoms in total. The third-order valence-electron chi connectivity index (χ3n) is 3.70. The number of benzene rings is 1. The molecule has 2 atom stereocenters. The van der Waals surface area contributed by atoms with Gasteiger partial charge in [0, 0.05) is 6.54 Å². The minimum Gasteiger partial charge on any atom is -0.356 e. The fourth-order valence-electron chi connectivity index (χ4n) is 2.22. The normalized spacial score (nSPS) is 19.9. The fraction of sp³-hybridized carbons (Fsp3) is 0.500. The Kier molecular flexibility index (Phi) is 5.70. The van der Waals surface area contributed by atoms with Crippen molar-refractivity contribution >= 4 is 40.7 Å². The molecule has 1 saturated carbocycles. The molecule has 0 aliphatic heterocycles. The van der Waals surface area contributed by atoms with E-state index >= 15 is 0 Å². The number of hydrogen-bond donors (Lipinski definition) is 2. The highest BCUT2D eigenvalue weighted by atomic mass is 35.5. The van der Waals surface area contributed by atoms with Gasteiger partial charge >= 0.3 is 0 Å². The molecule has 0 bridgehead atoms. The number of anilines is 1. The fourth-order valence-corrected chi connectivity index (χ4v) is 2.71. The molecule has 1 aliphatic carbocycles. The number of rotatable bonds is 6. The van der Waals surface area contributed by atoms with Crippen LogP contribution in [0.15, 0.2) is 18.2 Å². The first-order chi connectivity index (χ1) is 10.4. The van der Waals surface area contributed by atoms with Crippen molar-refractivity contribution in [1.29, 1.82) is 0 Å². The Morgan fingerprint density at radius 1 is 1.18 bits per heavy atom. The third-order valence-corrected chi connectivity index (χ3v) is 4.33. The van der Waals surface area contributed by atoms with E-state index in [1.165, 1.54) is 0 Å². The second-order valence-electron chi connectivity index (χ2n) is 6.01. The van der Waals surface area contributed by atoms with Gasteiger partial charge in [-0.25, -0.2) is 0 Å². The van der Waals surface area contributed by atoms with E-state index in [0.717, 1.165) is 6.42 Å². The maximum Gasteiger partial charge on any atom is 0.228 e. The predicted octanol–water partition coefficient (Wildman–Crippen LogP) is 3.73. The summed E-state index contributed by atoms with van der Waals surface area (Å²) in [6.45, 7) is 4.86. The molecular weight excluding hydrogens is 323 g/mol. The molecule has 120 valence electrons. The molecule has 1 aromatic rings. The van der Waals surface area contributed by atoms with E-state index in [1.807, 2.05) is 0 Å². The smallest absolute Gasteiger partial charge is 0.228 e. The largest absolute Gasteiger partial charge is 0.356 e. The molecule has 0 aromatic heterocycles. The lowest BCUT2D eigenvalue weighted by Crippen LogP contribution is -2.28. The Morgan fingerprint density at radius 2 is 1.77 bits per heavy atom. The van der Waals surface area contributed by atoms with Crippen LogP contribution in [0.2, 0.25) is 10.0 Å². The van der Waals surface area contributed by atoms with Gasteiger partial charge in [0.1, 0.15) is 0 Å². The van der Waals surface area contributed by atoms with Gasteiger partial charge in [-0.1, -0.05) is 43.1 Å². The summed E-state index contributed by atoms with van der Waals surface area (Å²) in [4.78, 5) is 24.1. The quantitative estimate of drug-likeness (QED) is 0.827. The molecule has 1 fully saturated rings. The summed E-state index contributed by atoms with van der Waals surface area (Å²) >= 11 is 12.0. The lowest BCUT2D eigenvalue weighted by atomic mass is 10.1. The highest BCUT2D eigenvalue weighted by molar-refractivity contribution is 6.39. The molecule has 2 amide bonds. The maximum absolute atomic E-state index is 12.2. The van der Waals surface area contributed by atoms with E-state index in [0.29, 0.717) is 34.6 Å². The first-order valence-electron chi connectivity index (χ1n) is 7.42. The van der Waals surface area contributed by atoms with Crippen LogP contribution in [0.5, 0.6) is 0 Å². The van der Waals surface area contributed by atoms with E-state index in [9.17, 15) is 9.59 Å². The van der Waals surface area contributed by atoms with Crippen LogP contribution < -0.4 is 10.6 Å². The number of hydrogen-bond acceptors (Lipinski definition) is 2. The zero-order valence-electron chi connectivity index (χ0n) is 12.7. The van der Waals surface area contributed by atoms with Gasteiger partial charge < -0.3 is 10.6 Å². The molecular formula is C16H20Cl2N2O2. The minimum absolute atomic E-state index is 0.0499. The van der Waals surface area contributed by atoms with Crippen molar-refractivity contribution < 1.29 is 9.59 Å². The summed E-state index contributed by atoms with van der Waals surface area (Å²) in [6.07, 6.45) is 1.51. The molecule has 22 heavy (non-hydrogen) atoms. The number of amides is 2. The Bertz CT molecular complexity index is 555. The first kappa shape index (κ1) is 17.1. The summed E-state index contributed by atoms with van der Waals surface area (Å²) in [5.74, 6) is -0.258. The number of nitrogens with one attached hydrogen (secondary N) is 2. The zero-order chi connectivity index (χ0) is 16.3. The number of carbonyl (C=O) groups excluding carboxylic acids is 2. The van der Waals surface area contributed by atoms with Gasteiger partial charge in [0.15, 0.2) is 0 Å². The van der Waals surface area contributed by atoms with Crippen LogP contribution in [0, 0.1) is 17.8 Å². The summed E-state index contributed by atoms with van der Waals surface area (Å²) in [5.41, 5.74) is 0.404. The van der Waals surface area contributed by atoms with Gasteiger partial charge in [0.2, 0.25) is 11.8 Å². The van der Waals surface area contributed by atoms with Crippen LogP contribution >= 0.6 is 23.2 Å². The van der Waals surface area contributed by atoms with Crippen LogP contribution in [-0.4, -0.2) is 18.4 Å². The zero-order valence-corrected chi connectivity index (χ0v) is 14.2. The van der Waals surface area contributed by atoms with Crippen molar-refractivity contribution in [3.05, 3.63) is 28.2 Å². The summed E-state index contributed by atoms with van der Waals surface area (Å²) < 4.78 is 0. The summed E-state index contributed by atoms with van der Waals surface area (Å²) in [5, 5.41) is 6.37. The van der Waals surface area contributed by atoms with Crippen molar-refractivity contribution in [1.82, 2.24) is 5.32 Å². The molecule has 0 saturated heterocycles. The second-order valence-corrected chi connectivity index (χ2v) is 6.82. The summed E-state index contributed by atoms with van der Waals surface area (Å²) in [6, 6.07) is 5.03. The van der Waals surface area contributed by atoms with E-state index < -0.39 is 0 Å². The standard InChI is InChI=1S/C16H20Cl2N2O2/c1-9(2)6-7-19-15(21)10-8-11(10)16(22)20-14-12(17)4-3-5-13(14)18/h3-5,9-11H,6-8H2,1-2H3,(H,19,21)(H,20,22). The molecule has 1 aliphatic rings. The van der Waals surface area contributed by atoms with Crippen LogP contribution in [0.25, 0.3) is 0 Å².